The number of phenolic OH excluding ortho intramolecular Hbond substituents is 1. The molecule has 0 saturated carbocycles. The van der Waals surface area contributed by atoms with Gasteiger partial charge < -0.3 is 10.4 Å². The van der Waals surface area contributed by atoms with E-state index >= 15 is 0 Å². The van der Waals surface area contributed by atoms with Crippen LogP contribution in [0.25, 0.3) is 5.69 Å². The van der Waals surface area contributed by atoms with Crippen molar-refractivity contribution in [2.45, 2.75) is 27.3 Å². The van der Waals surface area contributed by atoms with Crippen LogP contribution in [-0.2, 0) is 6.54 Å². The summed E-state index contributed by atoms with van der Waals surface area (Å²) in [6.45, 7) is 6.15. The Morgan fingerprint density at radius 3 is 2.56 bits per heavy atom. The first-order valence-electron chi connectivity index (χ1n) is 8.15. The molecule has 0 saturated heterocycles. The lowest BCUT2D eigenvalue weighted by atomic mass is 10.1. The number of aromatic hydroxyl groups is 1. The molecule has 0 aliphatic rings. The van der Waals surface area contributed by atoms with Gasteiger partial charge in [-0.15, -0.1) is 0 Å². The van der Waals surface area contributed by atoms with Crippen LogP contribution in [0.4, 0.5) is 0 Å². The molecule has 3 aromatic rings. The average Bonchev–Trinajstić information content (AvgIpc) is 2.90. The topological polar surface area (TPSA) is 67.2 Å². The molecule has 0 atom stereocenters. The van der Waals surface area contributed by atoms with E-state index in [-0.39, 0.29) is 17.2 Å². The third-order valence-electron chi connectivity index (χ3n) is 4.26. The molecular weight excluding hydrogens is 314 g/mol. The third-order valence-corrected chi connectivity index (χ3v) is 4.26. The molecule has 0 unspecified atom stereocenters. The van der Waals surface area contributed by atoms with E-state index in [4.69, 9.17) is 0 Å². The highest BCUT2D eigenvalue weighted by atomic mass is 16.3. The summed E-state index contributed by atoms with van der Waals surface area (Å²) in [5.74, 6) is -0.316. The van der Waals surface area contributed by atoms with Crippen molar-refractivity contribution in [3.05, 3.63) is 76.6 Å². The van der Waals surface area contributed by atoms with Crippen LogP contribution in [-0.4, -0.2) is 20.8 Å². The Morgan fingerprint density at radius 2 is 1.84 bits per heavy atom. The number of carbonyl (C=O) groups excluding carboxylic acids is 1. The molecule has 0 spiro atoms. The van der Waals surface area contributed by atoms with Gasteiger partial charge in [0, 0.05) is 17.8 Å². The van der Waals surface area contributed by atoms with Crippen molar-refractivity contribution in [1.29, 1.82) is 0 Å². The molecule has 0 fully saturated rings. The third kappa shape index (κ3) is 3.40. The van der Waals surface area contributed by atoms with Gasteiger partial charge in [0.1, 0.15) is 5.75 Å². The summed E-state index contributed by atoms with van der Waals surface area (Å²) in [5.41, 5.74) is 5.02. The van der Waals surface area contributed by atoms with Crippen LogP contribution in [0.2, 0.25) is 0 Å². The number of aryl methyl sites for hydroxylation is 2. The van der Waals surface area contributed by atoms with Crippen molar-refractivity contribution in [2.24, 2.45) is 0 Å². The van der Waals surface area contributed by atoms with Crippen molar-refractivity contribution in [3.8, 4) is 11.4 Å². The second-order valence-electron chi connectivity index (χ2n) is 6.10. The minimum Gasteiger partial charge on any atom is -0.507 e. The lowest BCUT2D eigenvalue weighted by Gasteiger charge is -2.09. The molecule has 2 aromatic carbocycles. The maximum atomic E-state index is 12.4. The van der Waals surface area contributed by atoms with Crippen LogP contribution >= 0.6 is 0 Å². The Labute approximate surface area is 146 Å². The molecule has 0 bridgehead atoms. The Bertz CT molecular complexity index is 914. The molecule has 5 heteroatoms. The highest BCUT2D eigenvalue weighted by Crippen LogP contribution is 2.20. The van der Waals surface area contributed by atoms with Gasteiger partial charge in [-0.1, -0.05) is 29.8 Å². The fourth-order valence-corrected chi connectivity index (χ4v) is 2.85. The summed E-state index contributed by atoms with van der Waals surface area (Å²) >= 11 is 0. The molecule has 2 N–H and O–H groups in total. The van der Waals surface area contributed by atoms with E-state index in [1.807, 2.05) is 55.8 Å². The van der Waals surface area contributed by atoms with Gasteiger partial charge in [0.2, 0.25) is 0 Å². The molecule has 5 nitrogen and oxygen atoms in total. The predicted molar refractivity (Wildman–Crippen MR) is 97.1 cm³/mol. The first kappa shape index (κ1) is 16.8. The molecule has 3 rings (SSSR count). The molecular formula is C20H21N3O2. The Balaban J connectivity index is 1.81. The van der Waals surface area contributed by atoms with Gasteiger partial charge in [-0.25, -0.2) is 4.68 Å². The zero-order chi connectivity index (χ0) is 18.0. The number of amides is 1. The van der Waals surface area contributed by atoms with Gasteiger partial charge in [0.25, 0.3) is 5.91 Å². The Hall–Kier alpha value is -3.08. The maximum Gasteiger partial charge on any atom is 0.255 e. The zero-order valence-electron chi connectivity index (χ0n) is 14.6. The highest BCUT2D eigenvalue weighted by molar-refractivity contribution is 5.96. The Morgan fingerprint density at radius 1 is 1.12 bits per heavy atom. The molecule has 0 aliphatic carbocycles. The molecule has 128 valence electrons. The van der Waals surface area contributed by atoms with Crippen molar-refractivity contribution in [3.63, 3.8) is 0 Å². The quantitative estimate of drug-likeness (QED) is 0.767. The summed E-state index contributed by atoms with van der Waals surface area (Å²) in [5, 5.41) is 17.3. The number of hydrogen-bond donors (Lipinski definition) is 2. The van der Waals surface area contributed by atoms with Crippen LogP contribution in [0.15, 0.2) is 48.5 Å². The molecule has 25 heavy (non-hydrogen) atoms. The number of aromatic nitrogens is 2. The molecule has 0 radical (unpaired) electrons. The smallest absolute Gasteiger partial charge is 0.255 e. The lowest BCUT2D eigenvalue weighted by Crippen LogP contribution is -2.23. The van der Waals surface area contributed by atoms with Crippen LogP contribution < -0.4 is 5.32 Å². The first-order valence-corrected chi connectivity index (χ1v) is 8.15. The van der Waals surface area contributed by atoms with Crippen LogP contribution in [0, 0.1) is 20.8 Å². The van der Waals surface area contributed by atoms with E-state index < -0.39 is 0 Å². The molecule has 0 aliphatic heterocycles. The highest BCUT2D eigenvalue weighted by Gasteiger charge is 2.16. The molecule has 1 aromatic heterocycles. The number of nitrogens with one attached hydrogen (secondary N) is 1. The summed E-state index contributed by atoms with van der Waals surface area (Å²) in [6.07, 6.45) is 0. The maximum absolute atomic E-state index is 12.4. The van der Waals surface area contributed by atoms with E-state index in [0.29, 0.717) is 6.54 Å². The van der Waals surface area contributed by atoms with Crippen LogP contribution in [0.1, 0.15) is 32.9 Å². The lowest BCUT2D eigenvalue weighted by molar-refractivity contribution is 0.0948. The van der Waals surface area contributed by atoms with Crippen molar-refractivity contribution < 1.29 is 9.90 Å². The van der Waals surface area contributed by atoms with Gasteiger partial charge in [0.15, 0.2) is 0 Å². The molecule has 1 amide bonds. The van der Waals surface area contributed by atoms with Crippen LogP contribution in [0.3, 0.4) is 0 Å². The second-order valence-corrected chi connectivity index (χ2v) is 6.10. The summed E-state index contributed by atoms with van der Waals surface area (Å²) in [7, 11) is 0. The minimum atomic E-state index is -0.299. The number of hydrogen-bond acceptors (Lipinski definition) is 3. The van der Waals surface area contributed by atoms with Gasteiger partial charge in [-0.2, -0.15) is 5.10 Å². The van der Waals surface area contributed by atoms with Gasteiger partial charge >= 0.3 is 0 Å². The van der Waals surface area contributed by atoms with Crippen molar-refractivity contribution in [2.75, 3.05) is 0 Å². The summed E-state index contributed by atoms with van der Waals surface area (Å²) in [4.78, 5) is 12.4. The Kier molecular flexibility index (Phi) is 4.57. The number of rotatable bonds is 4. The molecule has 1 heterocycles. The predicted octanol–water partition coefficient (Wildman–Crippen LogP) is 3.43. The van der Waals surface area contributed by atoms with Crippen molar-refractivity contribution in [1.82, 2.24) is 15.1 Å². The van der Waals surface area contributed by atoms with Crippen LogP contribution in [0.5, 0.6) is 5.75 Å². The number of para-hydroxylation sites is 1. The van der Waals surface area contributed by atoms with Gasteiger partial charge in [-0.05, 0) is 45.0 Å². The zero-order valence-corrected chi connectivity index (χ0v) is 14.6. The standard InChI is InChI=1S/C20H21N3O2/c1-13-9-10-19(24)17(11-13)20(25)21-12-18-14(2)22-23(15(18)3)16-7-5-4-6-8-16/h4-11,24H,12H2,1-3H3,(H,21,25). The largest absolute Gasteiger partial charge is 0.507 e. The second kappa shape index (κ2) is 6.81. The minimum absolute atomic E-state index is 0.0171. The fraction of sp³-hybridized carbons (Fsp3) is 0.200. The first-order chi connectivity index (χ1) is 12.0. The number of phenols is 1. The van der Waals surface area contributed by atoms with E-state index in [1.54, 1.807) is 12.1 Å². The van der Waals surface area contributed by atoms with Gasteiger partial charge in [-0.3, -0.25) is 4.79 Å². The monoisotopic (exact) mass is 335 g/mol. The van der Waals surface area contributed by atoms with E-state index in [9.17, 15) is 9.90 Å². The van der Waals surface area contributed by atoms with Crippen molar-refractivity contribution >= 4 is 5.91 Å². The fourth-order valence-electron chi connectivity index (χ4n) is 2.85. The SMILES string of the molecule is Cc1ccc(O)c(C(=O)NCc2c(C)nn(-c3ccccc3)c2C)c1. The van der Waals surface area contributed by atoms with E-state index in [2.05, 4.69) is 10.4 Å². The summed E-state index contributed by atoms with van der Waals surface area (Å²) < 4.78 is 1.88. The summed E-state index contributed by atoms with van der Waals surface area (Å²) in [6, 6.07) is 14.9. The average molecular weight is 335 g/mol. The number of carbonyl (C=O) groups is 1. The number of nitrogens with zero attached hydrogens (tertiary/aromatic N) is 2. The van der Waals surface area contributed by atoms with E-state index in [0.717, 1.165) is 28.2 Å². The number of benzene rings is 2. The van der Waals surface area contributed by atoms with E-state index in [1.165, 1.54) is 6.07 Å². The normalized spacial score (nSPS) is 10.7. The van der Waals surface area contributed by atoms with Gasteiger partial charge in [0.05, 0.1) is 16.9 Å².